The highest BCUT2D eigenvalue weighted by molar-refractivity contribution is 5.80. The first-order valence-corrected chi connectivity index (χ1v) is 8.25. The maximum atomic E-state index is 11.9. The summed E-state index contributed by atoms with van der Waals surface area (Å²) in [5.74, 6) is -1.00. The molecule has 3 N–H and O–H groups in total. The van der Waals surface area contributed by atoms with Gasteiger partial charge in [0.05, 0.1) is 0 Å². The summed E-state index contributed by atoms with van der Waals surface area (Å²) in [5, 5.41) is 21.8. The number of hydrogen-bond acceptors (Lipinski definition) is 4. The van der Waals surface area contributed by atoms with E-state index in [0.29, 0.717) is 11.1 Å². The number of phenolic OH excluding ortho intramolecular Hbond substituents is 1. The van der Waals surface area contributed by atoms with E-state index < -0.39 is 23.7 Å². The van der Waals surface area contributed by atoms with Gasteiger partial charge in [-0.05, 0) is 38.0 Å². The zero-order valence-corrected chi connectivity index (χ0v) is 15.0. The van der Waals surface area contributed by atoms with Gasteiger partial charge in [0, 0.05) is 12.0 Å². The Bertz CT molecular complexity index is 795. The van der Waals surface area contributed by atoms with Crippen LogP contribution in [0.2, 0.25) is 0 Å². The van der Waals surface area contributed by atoms with Crippen molar-refractivity contribution in [3.8, 4) is 16.9 Å². The number of rotatable bonds is 5. The Labute approximate surface area is 152 Å². The van der Waals surface area contributed by atoms with Crippen molar-refractivity contribution in [2.75, 3.05) is 0 Å². The predicted octanol–water partition coefficient (Wildman–Crippen LogP) is 3.58. The lowest BCUT2D eigenvalue weighted by molar-refractivity contribution is -0.139. The highest BCUT2D eigenvalue weighted by Crippen LogP contribution is 2.29. The minimum atomic E-state index is -1.15. The standard InChI is InChI=1S/C20H23NO5/c1-20(2,3)26-19(25)21-16(18(23)24)12-13-7-6-8-14(11-13)15-9-4-5-10-17(15)22/h4-11,16,22H,12H2,1-3H3,(H,21,25)(H,23,24)/t16-/m0/s1. The molecule has 1 amide bonds. The number of alkyl carbamates (subject to hydrolysis) is 1. The molecule has 0 aliphatic heterocycles. The van der Waals surface area contributed by atoms with Crippen molar-refractivity contribution in [3.63, 3.8) is 0 Å². The number of nitrogens with one attached hydrogen (secondary N) is 1. The second-order valence-corrected chi connectivity index (χ2v) is 6.96. The maximum absolute atomic E-state index is 11.9. The smallest absolute Gasteiger partial charge is 0.408 e. The van der Waals surface area contributed by atoms with Crippen molar-refractivity contribution in [3.05, 3.63) is 54.1 Å². The van der Waals surface area contributed by atoms with E-state index in [1.165, 1.54) is 0 Å². The summed E-state index contributed by atoms with van der Waals surface area (Å²) in [6.07, 6.45) is -0.683. The third-order valence-corrected chi connectivity index (χ3v) is 3.57. The summed E-state index contributed by atoms with van der Waals surface area (Å²) in [5.41, 5.74) is 1.43. The van der Waals surface area contributed by atoms with Crippen molar-refractivity contribution in [1.82, 2.24) is 5.32 Å². The molecule has 0 fully saturated rings. The van der Waals surface area contributed by atoms with E-state index in [9.17, 15) is 19.8 Å². The van der Waals surface area contributed by atoms with Gasteiger partial charge in [-0.1, -0.05) is 42.5 Å². The molecule has 6 nitrogen and oxygen atoms in total. The fourth-order valence-corrected chi connectivity index (χ4v) is 2.47. The second-order valence-electron chi connectivity index (χ2n) is 6.96. The predicted molar refractivity (Wildman–Crippen MR) is 98.0 cm³/mol. The molecule has 26 heavy (non-hydrogen) atoms. The lowest BCUT2D eigenvalue weighted by atomic mass is 9.99. The van der Waals surface area contributed by atoms with E-state index in [1.807, 2.05) is 12.1 Å². The van der Waals surface area contributed by atoms with Gasteiger partial charge in [-0.25, -0.2) is 9.59 Å². The normalized spacial score (nSPS) is 12.3. The number of benzene rings is 2. The van der Waals surface area contributed by atoms with Crippen LogP contribution >= 0.6 is 0 Å². The number of hydrogen-bond donors (Lipinski definition) is 3. The molecule has 0 aromatic heterocycles. The highest BCUT2D eigenvalue weighted by atomic mass is 16.6. The Morgan fingerprint density at radius 1 is 1.12 bits per heavy atom. The van der Waals surface area contributed by atoms with E-state index in [1.54, 1.807) is 57.2 Å². The number of carboxylic acid groups (broad SMARTS) is 1. The Balaban J connectivity index is 2.17. The van der Waals surface area contributed by atoms with Crippen LogP contribution in [0.5, 0.6) is 5.75 Å². The van der Waals surface area contributed by atoms with E-state index in [0.717, 1.165) is 5.56 Å². The zero-order chi connectivity index (χ0) is 19.3. The molecule has 0 saturated heterocycles. The summed E-state index contributed by atoms with van der Waals surface area (Å²) >= 11 is 0. The largest absolute Gasteiger partial charge is 0.507 e. The number of aliphatic carboxylic acids is 1. The van der Waals surface area contributed by atoms with Crippen LogP contribution < -0.4 is 5.32 Å². The van der Waals surface area contributed by atoms with Crippen molar-refractivity contribution in [2.45, 2.75) is 38.8 Å². The van der Waals surface area contributed by atoms with Crippen LogP contribution in [0.4, 0.5) is 4.79 Å². The van der Waals surface area contributed by atoms with Gasteiger partial charge < -0.3 is 20.3 Å². The van der Waals surface area contributed by atoms with Gasteiger partial charge in [-0.2, -0.15) is 0 Å². The summed E-state index contributed by atoms with van der Waals surface area (Å²) in [6.45, 7) is 5.12. The monoisotopic (exact) mass is 357 g/mol. The van der Waals surface area contributed by atoms with Gasteiger partial charge in [0.15, 0.2) is 0 Å². The van der Waals surface area contributed by atoms with E-state index >= 15 is 0 Å². The maximum Gasteiger partial charge on any atom is 0.408 e. The number of carbonyl (C=O) groups excluding carboxylic acids is 1. The summed E-state index contributed by atoms with van der Waals surface area (Å²) in [4.78, 5) is 23.4. The fraction of sp³-hybridized carbons (Fsp3) is 0.300. The van der Waals surface area contributed by atoms with Crippen LogP contribution in [-0.4, -0.2) is 33.9 Å². The molecule has 0 unspecified atom stereocenters. The molecule has 2 rings (SSSR count). The molecule has 1 atom stereocenters. The number of carboxylic acids is 1. The molecule has 0 aliphatic carbocycles. The van der Waals surface area contributed by atoms with Crippen LogP contribution in [0.15, 0.2) is 48.5 Å². The molecule has 138 valence electrons. The fourth-order valence-electron chi connectivity index (χ4n) is 2.47. The van der Waals surface area contributed by atoms with E-state index in [2.05, 4.69) is 5.32 Å². The van der Waals surface area contributed by atoms with Crippen molar-refractivity contribution in [1.29, 1.82) is 0 Å². The summed E-state index contributed by atoms with van der Waals surface area (Å²) in [7, 11) is 0. The van der Waals surface area contributed by atoms with Gasteiger partial charge in [0.25, 0.3) is 0 Å². The van der Waals surface area contributed by atoms with Crippen LogP contribution in [-0.2, 0) is 16.0 Å². The Morgan fingerprint density at radius 3 is 2.42 bits per heavy atom. The minimum absolute atomic E-state index is 0.0933. The number of aromatic hydroxyl groups is 1. The van der Waals surface area contributed by atoms with Crippen LogP contribution in [0.3, 0.4) is 0 Å². The Morgan fingerprint density at radius 2 is 1.81 bits per heavy atom. The lowest BCUT2D eigenvalue weighted by Crippen LogP contribution is -2.44. The topological polar surface area (TPSA) is 95.9 Å². The average molecular weight is 357 g/mol. The van der Waals surface area contributed by atoms with Crippen molar-refractivity contribution in [2.24, 2.45) is 0 Å². The summed E-state index contributed by atoms with van der Waals surface area (Å²) < 4.78 is 5.12. The van der Waals surface area contributed by atoms with Gasteiger partial charge in [-0.15, -0.1) is 0 Å². The van der Waals surface area contributed by atoms with E-state index in [-0.39, 0.29) is 12.2 Å². The molecular weight excluding hydrogens is 334 g/mol. The van der Waals surface area contributed by atoms with Gasteiger partial charge >= 0.3 is 12.1 Å². The SMILES string of the molecule is CC(C)(C)OC(=O)N[C@@H](Cc1cccc(-c2ccccc2O)c1)C(=O)O. The quantitative estimate of drug-likeness (QED) is 0.760. The summed E-state index contributed by atoms with van der Waals surface area (Å²) in [6, 6.07) is 13.0. The number of phenols is 1. The van der Waals surface area contributed by atoms with Crippen molar-refractivity contribution >= 4 is 12.1 Å². The number of ether oxygens (including phenoxy) is 1. The first-order chi connectivity index (χ1) is 12.2. The molecule has 6 heteroatoms. The number of carbonyl (C=O) groups is 2. The van der Waals surface area contributed by atoms with Crippen LogP contribution in [0.25, 0.3) is 11.1 Å². The van der Waals surface area contributed by atoms with Gasteiger partial charge in [0.2, 0.25) is 0 Å². The molecule has 0 saturated carbocycles. The molecule has 0 radical (unpaired) electrons. The second kappa shape index (κ2) is 7.91. The van der Waals surface area contributed by atoms with Gasteiger partial charge in [-0.3, -0.25) is 0 Å². The molecule has 2 aromatic rings. The molecule has 2 aromatic carbocycles. The molecular formula is C20H23NO5. The third kappa shape index (κ3) is 5.51. The molecule has 0 heterocycles. The Kier molecular flexibility index (Phi) is 5.87. The third-order valence-electron chi connectivity index (χ3n) is 3.57. The first-order valence-electron chi connectivity index (χ1n) is 8.25. The van der Waals surface area contributed by atoms with Gasteiger partial charge in [0.1, 0.15) is 17.4 Å². The molecule has 0 spiro atoms. The van der Waals surface area contributed by atoms with Crippen LogP contribution in [0, 0.1) is 0 Å². The number of amides is 1. The molecule has 0 aliphatic rings. The lowest BCUT2D eigenvalue weighted by Gasteiger charge is -2.22. The minimum Gasteiger partial charge on any atom is -0.507 e. The first kappa shape index (κ1) is 19.3. The van der Waals surface area contributed by atoms with Crippen LogP contribution in [0.1, 0.15) is 26.3 Å². The Hall–Kier alpha value is -3.02. The molecule has 0 bridgehead atoms. The van der Waals surface area contributed by atoms with E-state index in [4.69, 9.17) is 4.74 Å². The number of para-hydroxylation sites is 1. The van der Waals surface area contributed by atoms with Crippen molar-refractivity contribution < 1.29 is 24.5 Å². The zero-order valence-electron chi connectivity index (χ0n) is 15.0. The average Bonchev–Trinajstić information content (AvgIpc) is 2.53. The highest BCUT2D eigenvalue weighted by Gasteiger charge is 2.24.